The third-order valence-corrected chi connectivity index (χ3v) is 3.10. The van der Waals surface area contributed by atoms with Gasteiger partial charge in [0.1, 0.15) is 6.07 Å². The van der Waals surface area contributed by atoms with Crippen LogP contribution in [-0.2, 0) is 19.0 Å². The summed E-state index contributed by atoms with van der Waals surface area (Å²) in [6.07, 6.45) is 0. The van der Waals surface area contributed by atoms with E-state index in [1.807, 2.05) is 0 Å². The van der Waals surface area contributed by atoms with E-state index in [0.29, 0.717) is 0 Å². The minimum absolute atomic E-state index is 0.0172. The van der Waals surface area contributed by atoms with Gasteiger partial charge in [-0.2, -0.15) is 5.26 Å². The van der Waals surface area contributed by atoms with E-state index >= 15 is 0 Å². The van der Waals surface area contributed by atoms with E-state index in [1.54, 1.807) is 26.8 Å². The first kappa shape index (κ1) is 20.9. The first-order valence-corrected chi connectivity index (χ1v) is 7.81. The van der Waals surface area contributed by atoms with Gasteiger partial charge in [-0.05, 0) is 26.8 Å². The molecule has 1 aromatic rings. The zero-order valence-electron chi connectivity index (χ0n) is 14.6. The van der Waals surface area contributed by atoms with Crippen LogP contribution in [0.25, 0.3) is 0 Å². The fourth-order valence-corrected chi connectivity index (χ4v) is 2.03. The van der Waals surface area contributed by atoms with E-state index in [0.717, 1.165) is 18.2 Å². The highest BCUT2D eigenvalue weighted by atomic mass is 16.6. The lowest BCUT2D eigenvalue weighted by Crippen LogP contribution is -2.49. The average Bonchev–Trinajstić information content (AvgIpc) is 2.61. The summed E-state index contributed by atoms with van der Waals surface area (Å²) in [5, 5.41) is 23.0. The van der Waals surface area contributed by atoms with Gasteiger partial charge in [0.25, 0.3) is 5.69 Å². The highest BCUT2D eigenvalue weighted by molar-refractivity contribution is 5.98. The summed E-state index contributed by atoms with van der Waals surface area (Å²) in [6.45, 7) is 4.70. The predicted octanol–water partition coefficient (Wildman–Crippen LogP) is 2.00. The quantitative estimate of drug-likeness (QED) is 0.301. The highest BCUT2D eigenvalue weighted by Crippen LogP contribution is 2.27. The summed E-state index contributed by atoms with van der Waals surface area (Å²) in [4.78, 5) is 34.7. The van der Waals surface area contributed by atoms with Crippen molar-refractivity contribution in [3.8, 4) is 6.07 Å². The number of carbonyl (C=O) groups excluding carboxylic acids is 2. The molecule has 0 spiro atoms. The zero-order chi connectivity index (χ0) is 19.7. The van der Waals surface area contributed by atoms with Crippen molar-refractivity contribution in [3.63, 3.8) is 0 Å². The summed E-state index contributed by atoms with van der Waals surface area (Å²) in [5.74, 6) is -1.82. The summed E-state index contributed by atoms with van der Waals surface area (Å²) >= 11 is 0. The van der Waals surface area contributed by atoms with Crippen LogP contribution in [0.1, 0.15) is 31.1 Å². The SMILES string of the molecule is CCOC(=O)c1ccc([N+](=O)[O-])cc1NC(C#N)(OCC)C(=O)OCC. The standard InChI is InChI=1S/C16H19N3O7/c1-4-24-14(20)12-8-7-11(19(22)23)9-13(12)18-16(10-17,26-6-3)15(21)25-5-2/h7-9,18H,4-6H2,1-3H3. The van der Waals surface area contributed by atoms with Crippen molar-refractivity contribution in [2.24, 2.45) is 0 Å². The Bertz CT molecular complexity index is 729. The number of hydrogen-bond donors (Lipinski definition) is 1. The van der Waals surface area contributed by atoms with Crippen molar-refractivity contribution in [1.29, 1.82) is 5.26 Å². The highest BCUT2D eigenvalue weighted by Gasteiger charge is 2.43. The van der Waals surface area contributed by atoms with Crippen molar-refractivity contribution in [1.82, 2.24) is 0 Å². The van der Waals surface area contributed by atoms with E-state index in [-0.39, 0.29) is 36.8 Å². The van der Waals surface area contributed by atoms with Gasteiger partial charge in [-0.25, -0.2) is 9.59 Å². The minimum atomic E-state index is -2.28. The monoisotopic (exact) mass is 365 g/mol. The number of nitro benzene ring substituents is 1. The summed E-state index contributed by atoms with van der Waals surface area (Å²) < 4.78 is 15.0. The van der Waals surface area contributed by atoms with Gasteiger partial charge in [0, 0.05) is 18.7 Å². The molecule has 0 radical (unpaired) electrons. The van der Waals surface area contributed by atoms with Crippen LogP contribution in [0.2, 0.25) is 0 Å². The molecule has 26 heavy (non-hydrogen) atoms. The van der Waals surface area contributed by atoms with Crippen LogP contribution in [0.5, 0.6) is 0 Å². The molecule has 1 unspecified atom stereocenters. The Morgan fingerprint density at radius 2 is 1.88 bits per heavy atom. The Morgan fingerprint density at radius 1 is 1.23 bits per heavy atom. The Balaban J connectivity index is 3.46. The first-order chi connectivity index (χ1) is 12.3. The minimum Gasteiger partial charge on any atom is -0.462 e. The second-order valence-corrected chi connectivity index (χ2v) is 4.78. The largest absolute Gasteiger partial charge is 0.462 e. The number of hydrogen-bond acceptors (Lipinski definition) is 9. The number of anilines is 1. The molecule has 140 valence electrons. The molecular weight excluding hydrogens is 346 g/mol. The molecule has 10 heteroatoms. The Morgan fingerprint density at radius 3 is 2.38 bits per heavy atom. The molecule has 0 heterocycles. The fourth-order valence-electron chi connectivity index (χ4n) is 2.03. The number of carbonyl (C=O) groups is 2. The number of non-ortho nitro benzene ring substituents is 1. The second-order valence-electron chi connectivity index (χ2n) is 4.78. The molecule has 10 nitrogen and oxygen atoms in total. The van der Waals surface area contributed by atoms with Crippen molar-refractivity contribution >= 4 is 23.3 Å². The maximum absolute atomic E-state index is 12.2. The molecule has 0 saturated carbocycles. The number of benzene rings is 1. The Kier molecular flexibility index (Phi) is 7.49. The van der Waals surface area contributed by atoms with Gasteiger partial charge in [0.2, 0.25) is 0 Å². The molecule has 0 aliphatic heterocycles. The topological polar surface area (TPSA) is 141 Å². The van der Waals surface area contributed by atoms with E-state index < -0.39 is 22.6 Å². The van der Waals surface area contributed by atoms with Crippen LogP contribution in [-0.4, -0.2) is 42.4 Å². The zero-order valence-corrected chi connectivity index (χ0v) is 14.6. The van der Waals surface area contributed by atoms with Gasteiger partial charge >= 0.3 is 17.7 Å². The van der Waals surface area contributed by atoms with Crippen molar-refractivity contribution < 1.29 is 28.7 Å². The van der Waals surface area contributed by atoms with E-state index in [4.69, 9.17) is 14.2 Å². The lowest BCUT2D eigenvalue weighted by atomic mass is 10.1. The lowest BCUT2D eigenvalue weighted by Gasteiger charge is -2.26. The average molecular weight is 365 g/mol. The molecule has 0 aliphatic rings. The van der Waals surface area contributed by atoms with Gasteiger partial charge in [-0.3, -0.25) is 10.1 Å². The predicted molar refractivity (Wildman–Crippen MR) is 89.3 cm³/mol. The lowest BCUT2D eigenvalue weighted by molar-refractivity contribution is -0.384. The van der Waals surface area contributed by atoms with Crippen molar-refractivity contribution in [3.05, 3.63) is 33.9 Å². The van der Waals surface area contributed by atoms with Gasteiger partial charge in [-0.1, -0.05) is 0 Å². The number of nitro groups is 1. The third kappa shape index (κ3) is 4.67. The van der Waals surface area contributed by atoms with Gasteiger partial charge in [0.15, 0.2) is 0 Å². The molecule has 0 bridgehead atoms. The molecule has 1 rings (SSSR count). The molecule has 1 aromatic carbocycles. The van der Waals surface area contributed by atoms with Gasteiger partial charge < -0.3 is 19.5 Å². The molecule has 1 N–H and O–H groups in total. The molecule has 0 amide bonds. The molecule has 0 aromatic heterocycles. The molecule has 0 saturated heterocycles. The van der Waals surface area contributed by atoms with Gasteiger partial charge in [-0.15, -0.1) is 0 Å². The van der Waals surface area contributed by atoms with Gasteiger partial charge in [0.05, 0.1) is 29.4 Å². The number of rotatable bonds is 9. The molecular formula is C16H19N3O7. The summed E-state index contributed by atoms with van der Waals surface area (Å²) in [7, 11) is 0. The number of esters is 2. The summed E-state index contributed by atoms with van der Waals surface area (Å²) in [6, 6.07) is 4.95. The number of nitriles is 1. The Labute approximate surface area is 149 Å². The smallest absolute Gasteiger partial charge is 0.375 e. The van der Waals surface area contributed by atoms with Crippen LogP contribution in [0, 0.1) is 21.4 Å². The number of ether oxygens (including phenoxy) is 3. The van der Waals surface area contributed by atoms with E-state index in [1.165, 1.54) is 0 Å². The Hall–Kier alpha value is -3.19. The van der Waals surface area contributed by atoms with Crippen LogP contribution in [0.3, 0.4) is 0 Å². The fraction of sp³-hybridized carbons (Fsp3) is 0.438. The molecule has 0 fully saturated rings. The summed E-state index contributed by atoms with van der Waals surface area (Å²) in [5.41, 5.74) is -2.89. The van der Waals surface area contributed by atoms with Crippen LogP contribution in [0.4, 0.5) is 11.4 Å². The van der Waals surface area contributed by atoms with Crippen molar-refractivity contribution in [2.75, 3.05) is 25.1 Å². The van der Waals surface area contributed by atoms with Crippen LogP contribution >= 0.6 is 0 Å². The second kappa shape index (κ2) is 9.33. The number of nitrogens with zero attached hydrogens (tertiary/aromatic N) is 2. The normalized spacial score (nSPS) is 12.4. The van der Waals surface area contributed by atoms with E-state index in [2.05, 4.69) is 5.32 Å². The maximum atomic E-state index is 12.2. The molecule has 1 atom stereocenters. The number of nitrogens with one attached hydrogen (secondary N) is 1. The molecule has 0 aliphatic carbocycles. The first-order valence-electron chi connectivity index (χ1n) is 7.81. The van der Waals surface area contributed by atoms with Crippen LogP contribution in [0.15, 0.2) is 18.2 Å². The maximum Gasteiger partial charge on any atom is 0.375 e. The third-order valence-electron chi connectivity index (χ3n) is 3.10. The van der Waals surface area contributed by atoms with E-state index in [9.17, 15) is 25.0 Å². The van der Waals surface area contributed by atoms with Crippen molar-refractivity contribution in [2.45, 2.75) is 26.5 Å². The van der Waals surface area contributed by atoms with Crippen LogP contribution < -0.4 is 5.32 Å².